The zero-order valence-corrected chi connectivity index (χ0v) is 6.37. The SMILES string of the molecule is CO/N=C(\C#N)C(=O)NCC#N. The van der Waals surface area contributed by atoms with Gasteiger partial charge < -0.3 is 10.2 Å². The molecule has 0 aromatic carbocycles. The van der Waals surface area contributed by atoms with Gasteiger partial charge >= 0.3 is 0 Å². The molecule has 0 heterocycles. The first-order valence-electron chi connectivity index (χ1n) is 2.92. The third-order valence-corrected chi connectivity index (χ3v) is 0.832. The summed E-state index contributed by atoms with van der Waals surface area (Å²) in [6, 6.07) is 3.20. The predicted octanol–water partition coefficient (Wildman–Crippen LogP) is -0.848. The van der Waals surface area contributed by atoms with Crippen LogP contribution >= 0.6 is 0 Å². The Morgan fingerprint density at radius 2 is 2.33 bits per heavy atom. The molecular weight excluding hydrogens is 160 g/mol. The number of rotatable bonds is 3. The zero-order valence-electron chi connectivity index (χ0n) is 6.37. The van der Waals surface area contributed by atoms with Crippen LogP contribution in [-0.4, -0.2) is 25.3 Å². The van der Waals surface area contributed by atoms with Crippen molar-refractivity contribution in [2.24, 2.45) is 5.16 Å². The van der Waals surface area contributed by atoms with E-state index in [0.717, 1.165) is 0 Å². The van der Waals surface area contributed by atoms with Gasteiger partial charge in [-0.3, -0.25) is 4.79 Å². The van der Waals surface area contributed by atoms with Crippen LogP contribution in [0, 0.1) is 22.7 Å². The molecule has 6 heteroatoms. The van der Waals surface area contributed by atoms with E-state index in [0.29, 0.717) is 0 Å². The quantitative estimate of drug-likeness (QED) is 0.335. The van der Waals surface area contributed by atoms with Crippen LogP contribution in [0.25, 0.3) is 0 Å². The predicted molar refractivity (Wildman–Crippen MR) is 38.7 cm³/mol. The van der Waals surface area contributed by atoms with Crippen molar-refractivity contribution in [3.63, 3.8) is 0 Å². The molecule has 62 valence electrons. The summed E-state index contributed by atoms with van der Waals surface area (Å²) < 4.78 is 0. The highest BCUT2D eigenvalue weighted by atomic mass is 16.6. The summed E-state index contributed by atoms with van der Waals surface area (Å²) in [4.78, 5) is 15.0. The van der Waals surface area contributed by atoms with E-state index in [1.165, 1.54) is 13.2 Å². The molecule has 12 heavy (non-hydrogen) atoms. The first-order chi connectivity index (χ1) is 5.76. The Bertz CT molecular complexity index is 270. The number of nitrogens with one attached hydrogen (secondary N) is 1. The molecule has 1 N–H and O–H groups in total. The molecule has 0 rings (SSSR count). The lowest BCUT2D eigenvalue weighted by molar-refractivity contribution is -0.114. The van der Waals surface area contributed by atoms with E-state index in [1.54, 1.807) is 6.07 Å². The van der Waals surface area contributed by atoms with Crippen molar-refractivity contribution in [3.8, 4) is 12.1 Å². The summed E-state index contributed by atoms with van der Waals surface area (Å²) in [6.45, 7) is -0.163. The minimum Gasteiger partial charge on any atom is -0.398 e. The first-order valence-corrected chi connectivity index (χ1v) is 2.92. The van der Waals surface area contributed by atoms with Crippen molar-refractivity contribution >= 4 is 11.6 Å². The molecule has 0 saturated carbocycles. The highest BCUT2D eigenvalue weighted by Gasteiger charge is 2.09. The highest BCUT2D eigenvalue weighted by molar-refractivity contribution is 6.45. The fourth-order valence-electron chi connectivity index (χ4n) is 0.407. The average molecular weight is 166 g/mol. The Balaban J connectivity index is 4.18. The van der Waals surface area contributed by atoms with Crippen LogP contribution in [0.4, 0.5) is 0 Å². The van der Waals surface area contributed by atoms with E-state index in [1.807, 2.05) is 0 Å². The van der Waals surface area contributed by atoms with Crippen molar-refractivity contribution in [3.05, 3.63) is 0 Å². The van der Waals surface area contributed by atoms with Gasteiger partial charge in [0.05, 0.1) is 6.07 Å². The molecule has 0 aliphatic carbocycles. The maximum Gasteiger partial charge on any atom is 0.285 e. The van der Waals surface area contributed by atoms with Gasteiger partial charge in [0.1, 0.15) is 19.7 Å². The van der Waals surface area contributed by atoms with Crippen LogP contribution in [0.3, 0.4) is 0 Å². The van der Waals surface area contributed by atoms with Gasteiger partial charge in [0.2, 0.25) is 5.71 Å². The maximum atomic E-state index is 10.8. The molecule has 0 bridgehead atoms. The van der Waals surface area contributed by atoms with Crippen molar-refractivity contribution in [1.82, 2.24) is 5.32 Å². The fourth-order valence-corrected chi connectivity index (χ4v) is 0.407. The molecule has 0 spiro atoms. The summed E-state index contributed by atoms with van der Waals surface area (Å²) >= 11 is 0. The van der Waals surface area contributed by atoms with Crippen molar-refractivity contribution in [2.75, 3.05) is 13.7 Å². The lowest BCUT2D eigenvalue weighted by Crippen LogP contribution is -2.30. The van der Waals surface area contributed by atoms with Gasteiger partial charge in [-0.05, 0) is 0 Å². The Morgan fingerprint density at radius 3 is 2.75 bits per heavy atom. The number of nitriles is 2. The Labute approximate surface area is 69.0 Å². The monoisotopic (exact) mass is 166 g/mol. The van der Waals surface area contributed by atoms with Gasteiger partial charge in [0, 0.05) is 0 Å². The average Bonchev–Trinajstić information content (AvgIpc) is 2.10. The second-order valence-electron chi connectivity index (χ2n) is 1.58. The van der Waals surface area contributed by atoms with E-state index in [-0.39, 0.29) is 6.54 Å². The smallest absolute Gasteiger partial charge is 0.285 e. The molecular formula is C6H6N4O2. The number of hydrogen-bond acceptors (Lipinski definition) is 5. The molecule has 0 radical (unpaired) electrons. The minimum absolute atomic E-state index is 0.163. The van der Waals surface area contributed by atoms with Gasteiger partial charge in [0.15, 0.2) is 0 Å². The zero-order chi connectivity index (χ0) is 9.40. The van der Waals surface area contributed by atoms with Crippen molar-refractivity contribution in [1.29, 1.82) is 10.5 Å². The Morgan fingerprint density at radius 1 is 1.67 bits per heavy atom. The lowest BCUT2D eigenvalue weighted by Gasteiger charge is -1.95. The van der Waals surface area contributed by atoms with Crippen LogP contribution < -0.4 is 5.32 Å². The molecule has 6 nitrogen and oxygen atoms in total. The number of nitrogens with zero attached hydrogens (tertiary/aromatic N) is 3. The third kappa shape index (κ3) is 3.18. The van der Waals surface area contributed by atoms with Gasteiger partial charge in [-0.2, -0.15) is 10.5 Å². The minimum atomic E-state index is -0.721. The summed E-state index contributed by atoms with van der Waals surface area (Å²) in [5.74, 6) is -0.721. The summed E-state index contributed by atoms with van der Waals surface area (Å²) in [7, 11) is 1.22. The topological polar surface area (TPSA) is 98.3 Å². The van der Waals surface area contributed by atoms with Crippen molar-refractivity contribution in [2.45, 2.75) is 0 Å². The molecule has 0 aliphatic rings. The molecule has 0 aromatic heterocycles. The van der Waals surface area contributed by atoms with E-state index in [9.17, 15) is 4.79 Å². The molecule has 1 amide bonds. The van der Waals surface area contributed by atoms with Crippen LogP contribution in [0.15, 0.2) is 5.16 Å². The largest absolute Gasteiger partial charge is 0.398 e. The number of carbonyl (C=O) groups excluding carboxylic acids is 1. The number of carbonyl (C=O) groups is 1. The van der Waals surface area contributed by atoms with Gasteiger partial charge in [-0.1, -0.05) is 5.16 Å². The van der Waals surface area contributed by atoms with E-state index < -0.39 is 11.6 Å². The van der Waals surface area contributed by atoms with E-state index in [2.05, 4.69) is 15.3 Å². The van der Waals surface area contributed by atoms with Gasteiger partial charge in [0.25, 0.3) is 5.91 Å². The van der Waals surface area contributed by atoms with E-state index in [4.69, 9.17) is 10.5 Å². The maximum absolute atomic E-state index is 10.8. The molecule has 0 atom stereocenters. The summed E-state index contributed by atoms with van der Waals surface area (Å²) in [5.41, 5.74) is -0.409. The molecule has 0 aromatic rings. The second-order valence-corrected chi connectivity index (χ2v) is 1.58. The fraction of sp³-hybridized carbons (Fsp3) is 0.333. The number of hydrogen-bond donors (Lipinski definition) is 1. The van der Waals surface area contributed by atoms with Crippen molar-refractivity contribution < 1.29 is 9.63 Å². The van der Waals surface area contributed by atoms with Crippen LogP contribution in [-0.2, 0) is 9.63 Å². The van der Waals surface area contributed by atoms with E-state index >= 15 is 0 Å². The molecule has 0 aliphatic heterocycles. The highest BCUT2D eigenvalue weighted by Crippen LogP contribution is 1.78. The lowest BCUT2D eigenvalue weighted by atomic mass is 10.4. The molecule has 0 saturated heterocycles. The van der Waals surface area contributed by atoms with Gasteiger partial charge in [-0.25, -0.2) is 0 Å². The number of amides is 1. The summed E-state index contributed by atoms with van der Waals surface area (Å²) in [6.07, 6.45) is 0. The number of oxime groups is 1. The van der Waals surface area contributed by atoms with Crippen LogP contribution in [0.5, 0.6) is 0 Å². The van der Waals surface area contributed by atoms with Crippen LogP contribution in [0.1, 0.15) is 0 Å². The molecule has 0 fully saturated rings. The first kappa shape index (κ1) is 9.92. The summed E-state index contributed by atoms with van der Waals surface area (Å²) in [5, 5.41) is 21.7. The van der Waals surface area contributed by atoms with Crippen LogP contribution in [0.2, 0.25) is 0 Å². The normalized spacial score (nSPS) is 9.42. The van der Waals surface area contributed by atoms with Gasteiger partial charge in [-0.15, -0.1) is 0 Å². The Kier molecular flexibility index (Phi) is 4.70. The molecule has 0 unspecified atom stereocenters. The third-order valence-electron chi connectivity index (χ3n) is 0.832. The Hall–Kier alpha value is -2.08. The standard InChI is InChI=1S/C6H6N4O2/c1-12-10-5(4-8)6(11)9-3-2-7/h3H2,1H3,(H,9,11)/b10-5+. The second kappa shape index (κ2) is 5.69.